The summed E-state index contributed by atoms with van der Waals surface area (Å²) in [6, 6.07) is 1.98. The van der Waals surface area contributed by atoms with E-state index in [1.165, 1.54) is 0 Å². The number of aryl methyl sites for hydroxylation is 1. The van der Waals surface area contributed by atoms with Crippen LogP contribution in [0.1, 0.15) is 25.3 Å². The molecular weight excluding hydrogens is 232 g/mol. The molecule has 0 spiro atoms. The summed E-state index contributed by atoms with van der Waals surface area (Å²) in [5.41, 5.74) is 0.821. The van der Waals surface area contributed by atoms with Crippen LogP contribution in [0.25, 0.3) is 0 Å². The van der Waals surface area contributed by atoms with Crippen LogP contribution < -0.4 is 0 Å². The van der Waals surface area contributed by atoms with Gasteiger partial charge in [-0.25, -0.2) is 0 Å². The lowest BCUT2D eigenvalue weighted by molar-refractivity contribution is -0.154. The number of rotatable bonds is 4. The van der Waals surface area contributed by atoms with Crippen LogP contribution in [-0.2, 0) is 16.0 Å². The quantitative estimate of drug-likeness (QED) is 0.817. The van der Waals surface area contributed by atoms with Crippen molar-refractivity contribution in [3.05, 3.63) is 17.5 Å². The molecule has 1 aromatic rings. The normalized spacial score (nSPS) is 24.3. The molecule has 0 unspecified atom stereocenters. The monoisotopic (exact) mass is 254 g/mol. The van der Waals surface area contributed by atoms with Gasteiger partial charge in [-0.15, -0.1) is 0 Å². The summed E-state index contributed by atoms with van der Waals surface area (Å²) in [6.07, 6.45) is 0.117. The average Bonchev–Trinajstić information content (AvgIpc) is 2.61. The second-order valence-corrected chi connectivity index (χ2v) is 5.55. The molecule has 1 atom stereocenters. The van der Waals surface area contributed by atoms with Crippen molar-refractivity contribution in [2.24, 2.45) is 0 Å². The van der Waals surface area contributed by atoms with Crippen LogP contribution in [0.2, 0.25) is 0 Å². The van der Waals surface area contributed by atoms with Crippen LogP contribution in [0, 0.1) is 6.92 Å². The predicted molar refractivity (Wildman–Crippen MR) is 67.3 cm³/mol. The van der Waals surface area contributed by atoms with Crippen LogP contribution in [0.4, 0.5) is 0 Å². The Labute approximate surface area is 108 Å². The van der Waals surface area contributed by atoms with Crippen LogP contribution in [0.15, 0.2) is 10.6 Å². The second kappa shape index (κ2) is 5.38. The predicted octanol–water partition coefficient (Wildman–Crippen LogP) is 1.61. The molecule has 1 aromatic heterocycles. The van der Waals surface area contributed by atoms with Gasteiger partial charge in [0.1, 0.15) is 5.76 Å². The molecule has 0 bridgehead atoms. The summed E-state index contributed by atoms with van der Waals surface area (Å²) in [7, 11) is 1.70. The first-order chi connectivity index (χ1) is 8.48. The Morgan fingerprint density at radius 1 is 1.56 bits per heavy atom. The van der Waals surface area contributed by atoms with Crippen molar-refractivity contribution in [2.75, 3.05) is 26.8 Å². The van der Waals surface area contributed by atoms with Crippen LogP contribution in [0.3, 0.4) is 0 Å². The summed E-state index contributed by atoms with van der Waals surface area (Å²) in [4.78, 5) is 2.34. The topological polar surface area (TPSA) is 47.7 Å². The highest BCUT2D eigenvalue weighted by molar-refractivity contribution is 5.04. The smallest absolute Gasteiger partial charge is 0.133 e. The van der Waals surface area contributed by atoms with Gasteiger partial charge in [-0.2, -0.15) is 0 Å². The highest BCUT2D eigenvalue weighted by Crippen LogP contribution is 2.22. The SMILES string of the molecule is COC[C@H]1CN(Cc2cc(C)on2)CC(C)(C)O1. The summed E-state index contributed by atoms with van der Waals surface area (Å²) < 4.78 is 16.3. The van der Waals surface area contributed by atoms with Crippen molar-refractivity contribution in [2.45, 2.75) is 39.0 Å². The molecule has 0 aliphatic carbocycles. The Hall–Kier alpha value is -0.910. The highest BCUT2D eigenvalue weighted by Gasteiger charge is 2.33. The van der Waals surface area contributed by atoms with Gasteiger partial charge in [-0.05, 0) is 20.8 Å². The third-order valence-electron chi connectivity index (χ3n) is 2.97. The molecule has 1 aliphatic rings. The van der Waals surface area contributed by atoms with E-state index in [1.54, 1.807) is 7.11 Å². The molecule has 2 heterocycles. The Bertz CT molecular complexity index is 389. The van der Waals surface area contributed by atoms with E-state index in [-0.39, 0.29) is 11.7 Å². The van der Waals surface area contributed by atoms with Gasteiger partial charge in [-0.3, -0.25) is 4.90 Å². The fourth-order valence-corrected chi connectivity index (χ4v) is 2.53. The molecule has 1 aliphatic heterocycles. The minimum atomic E-state index is -0.153. The van der Waals surface area contributed by atoms with Gasteiger partial charge < -0.3 is 14.0 Å². The van der Waals surface area contributed by atoms with E-state index in [0.29, 0.717) is 6.61 Å². The lowest BCUT2D eigenvalue weighted by Gasteiger charge is -2.42. The maximum atomic E-state index is 5.98. The third kappa shape index (κ3) is 3.54. The van der Waals surface area contributed by atoms with E-state index in [1.807, 2.05) is 13.0 Å². The second-order valence-electron chi connectivity index (χ2n) is 5.55. The summed E-state index contributed by atoms with van der Waals surface area (Å²) >= 11 is 0. The number of nitrogens with zero attached hydrogens (tertiary/aromatic N) is 2. The first kappa shape index (κ1) is 13.5. The molecular formula is C13H22N2O3. The lowest BCUT2D eigenvalue weighted by atomic mass is 10.1. The molecule has 0 amide bonds. The number of ether oxygens (including phenoxy) is 2. The van der Waals surface area contributed by atoms with Gasteiger partial charge in [0.05, 0.1) is 24.0 Å². The highest BCUT2D eigenvalue weighted by atomic mass is 16.5. The van der Waals surface area contributed by atoms with Crippen LogP contribution in [-0.4, -0.2) is 48.6 Å². The number of morpholine rings is 1. The fourth-order valence-electron chi connectivity index (χ4n) is 2.53. The van der Waals surface area contributed by atoms with Gasteiger partial charge in [0.25, 0.3) is 0 Å². The number of hydrogen-bond acceptors (Lipinski definition) is 5. The number of methoxy groups -OCH3 is 1. The standard InChI is InChI=1S/C13H22N2O3/c1-10-5-11(14-18-10)6-15-7-12(8-16-4)17-13(2,3)9-15/h5,12H,6-9H2,1-4H3/t12-/m1/s1. The molecule has 0 radical (unpaired) electrons. The van der Waals surface area contributed by atoms with E-state index in [0.717, 1.165) is 31.1 Å². The largest absolute Gasteiger partial charge is 0.382 e. The van der Waals surface area contributed by atoms with Gasteiger partial charge in [0.2, 0.25) is 0 Å². The molecule has 18 heavy (non-hydrogen) atoms. The zero-order chi connectivity index (χ0) is 13.2. The van der Waals surface area contributed by atoms with E-state index in [4.69, 9.17) is 14.0 Å². The number of aromatic nitrogens is 1. The molecule has 0 N–H and O–H groups in total. The molecule has 5 heteroatoms. The van der Waals surface area contributed by atoms with Crippen molar-refractivity contribution in [3.8, 4) is 0 Å². The van der Waals surface area contributed by atoms with E-state index in [9.17, 15) is 0 Å². The summed E-state index contributed by atoms with van der Waals surface area (Å²) in [5.74, 6) is 0.853. The molecule has 1 fully saturated rings. The van der Waals surface area contributed by atoms with Crippen LogP contribution in [0.5, 0.6) is 0 Å². The Morgan fingerprint density at radius 2 is 2.33 bits per heavy atom. The number of hydrogen-bond donors (Lipinski definition) is 0. The van der Waals surface area contributed by atoms with Gasteiger partial charge >= 0.3 is 0 Å². The lowest BCUT2D eigenvalue weighted by Crippen LogP contribution is -2.53. The van der Waals surface area contributed by atoms with Crippen molar-refractivity contribution in [1.82, 2.24) is 10.1 Å². The zero-order valence-electron chi connectivity index (χ0n) is 11.6. The van der Waals surface area contributed by atoms with E-state index < -0.39 is 0 Å². The fraction of sp³-hybridized carbons (Fsp3) is 0.769. The Kier molecular flexibility index (Phi) is 4.04. The molecule has 5 nitrogen and oxygen atoms in total. The minimum Gasteiger partial charge on any atom is -0.382 e. The third-order valence-corrected chi connectivity index (χ3v) is 2.97. The van der Waals surface area contributed by atoms with Crippen LogP contribution >= 0.6 is 0 Å². The molecule has 102 valence electrons. The molecule has 0 aromatic carbocycles. The van der Waals surface area contributed by atoms with Crippen molar-refractivity contribution in [1.29, 1.82) is 0 Å². The molecule has 1 saturated heterocycles. The first-order valence-electron chi connectivity index (χ1n) is 6.30. The van der Waals surface area contributed by atoms with Gasteiger partial charge in [0, 0.05) is 32.8 Å². The van der Waals surface area contributed by atoms with E-state index >= 15 is 0 Å². The maximum Gasteiger partial charge on any atom is 0.133 e. The van der Waals surface area contributed by atoms with Crippen molar-refractivity contribution >= 4 is 0 Å². The first-order valence-corrected chi connectivity index (χ1v) is 6.30. The maximum absolute atomic E-state index is 5.98. The Balaban J connectivity index is 1.98. The molecule has 0 saturated carbocycles. The average molecular weight is 254 g/mol. The van der Waals surface area contributed by atoms with Crippen molar-refractivity contribution < 1.29 is 14.0 Å². The molecule has 2 rings (SSSR count). The van der Waals surface area contributed by atoms with Crippen molar-refractivity contribution in [3.63, 3.8) is 0 Å². The minimum absolute atomic E-state index is 0.117. The summed E-state index contributed by atoms with van der Waals surface area (Å²) in [5, 5.41) is 4.04. The van der Waals surface area contributed by atoms with Gasteiger partial charge in [-0.1, -0.05) is 5.16 Å². The van der Waals surface area contributed by atoms with Gasteiger partial charge in [0.15, 0.2) is 0 Å². The van der Waals surface area contributed by atoms with E-state index in [2.05, 4.69) is 23.9 Å². The summed E-state index contributed by atoms with van der Waals surface area (Å²) in [6.45, 7) is 9.30. The zero-order valence-corrected chi connectivity index (χ0v) is 11.6. The Morgan fingerprint density at radius 3 is 2.94 bits per heavy atom.